The van der Waals surface area contributed by atoms with Crippen LogP contribution in [0.4, 0.5) is 0 Å². The molecule has 4 aromatic rings. The second-order valence-electron chi connectivity index (χ2n) is 7.86. The molecule has 0 aliphatic carbocycles. The van der Waals surface area contributed by atoms with Gasteiger partial charge in [-0.2, -0.15) is 4.73 Å². The fraction of sp³-hybridized carbons (Fsp3) is 0.240. The molecule has 4 rings (SSSR count). The summed E-state index contributed by atoms with van der Waals surface area (Å²) in [5, 5.41) is 30.8. The summed E-state index contributed by atoms with van der Waals surface area (Å²) in [6.45, 7) is -0.553. The summed E-state index contributed by atoms with van der Waals surface area (Å²) < 4.78 is 16.9. The van der Waals surface area contributed by atoms with Crippen LogP contribution in [0.2, 0.25) is 10.0 Å². The number of methoxy groups -OCH3 is 1. The van der Waals surface area contributed by atoms with Crippen LogP contribution >= 0.6 is 35.0 Å². The first kappa shape index (κ1) is 28.0. The van der Waals surface area contributed by atoms with E-state index < -0.39 is 12.7 Å². The van der Waals surface area contributed by atoms with Crippen LogP contribution < -0.4 is 9.47 Å². The van der Waals surface area contributed by atoms with E-state index in [2.05, 4.69) is 9.97 Å². The molecule has 0 radical (unpaired) electrons. The fourth-order valence-electron chi connectivity index (χ4n) is 3.53. The van der Waals surface area contributed by atoms with Crippen molar-refractivity contribution in [1.29, 1.82) is 0 Å². The Morgan fingerprint density at radius 2 is 1.82 bits per heavy atom. The molecule has 13 heteroatoms. The summed E-state index contributed by atoms with van der Waals surface area (Å²) in [5.41, 5.74) is 2.00. The highest BCUT2D eigenvalue weighted by Gasteiger charge is 2.26. The van der Waals surface area contributed by atoms with Crippen molar-refractivity contribution >= 4 is 35.0 Å². The lowest BCUT2D eigenvalue weighted by Crippen LogP contribution is -2.21. The molecule has 0 aliphatic heterocycles. The molecule has 0 saturated carbocycles. The monoisotopic (exact) mass is 578 g/mol. The van der Waals surface area contributed by atoms with E-state index in [0.717, 1.165) is 4.73 Å². The third kappa shape index (κ3) is 6.15. The Kier molecular flexibility index (Phi) is 9.31. The van der Waals surface area contributed by atoms with Gasteiger partial charge in [0.1, 0.15) is 35.6 Å². The predicted molar refractivity (Wildman–Crippen MR) is 144 cm³/mol. The Hall–Kier alpha value is -3.06. The molecule has 10 nitrogen and oxygen atoms in total. The molecule has 0 amide bonds. The van der Waals surface area contributed by atoms with Crippen molar-refractivity contribution in [2.24, 2.45) is 0 Å². The summed E-state index contributed by atoms with van der Waals surface area (Å²) in [6, 6.07) is 11.7. The standard InChI is InChI=1S/C25H24Cl2N4O6S/c1-35-13-37-16-5-3-4-14(8-16)23-22(20-6-7-28-25(29-20)38-2)30-24(31(23)34)21-18(26)9-17(10-19(21)27)36-12-15(33)11-32/h3-10,15,32-34H,11-13H2,1-2H3/t15-/m1/s1. The Morgan fingerprint density at radius 3 is 2.50 bits per heavy atom. The van der Waals surface area contributed by atoms with Gasteiger partial charge in [0.05, 0.1) is 27.9 Å². The smallest absolute Gasteiger partial charge is 0.188 e. The lowest BCUT2D eigenvalue weighted by molar-refractivity contribution is 0.0511. The Balaban J connectivity index is 1.86. The lowest BCUT2D eigenvalue weighted by Gasteiger charge is -2.13. The third-order valence-electron chi connectivity index (χ3n) is 5.26. The highest BCUT2D eigenvalue weighted by atomic mass is 35.5. The van der Waals surface area contributed by atoms with Crippen molar-refractivity contribution < 1.29 is 29.6 Å². The van der Waals surface area contributed by atoms with Crippen LogP contribution in [-0.4, -0.2) is 74.6 Å². The number of nitrogens with zero attached hydrogens (tertiary/aromatic N) is 4. The van der Waals surface area contributed by atoms with Gasteiger partial charge in [-0.3, -0.25) is 0 Å². The van der Waals surface area contributed by atoms with Gasteiger partial charge in [0.2, 0.25) is 0 Å². The molecular weight excluding hydrogens is 555 g/mol. The lowest BCUT2D eigenvalue weighted by atomic mass is 10.1. The van der Waals surface area contributed by atoms with Gasteiger partial charge in [0.15, 0.2) is 17.8 Å². The van der Waals surface area contributed by atoms with Crippen LogP contribution in [0.15, 0.2) is 53.8 Å². The number of benzene rings is 2. The van der Waals surface area contributed by atoms with Crippen molar-refractivity contribution in [3.05, 3.63) is 58.7 Å². The van der Waals surface area contributed by atoms with Crippen molar-refractivity contribution in [2.45, 2.75) is 11.3 Å². The first-order valence-corrected chi connectivity index (χ1v) is 13.2. The van der Waals surface area contributed by atoms with Gasteiger partial charge in [-0.1, -0.05) is 47.1 Å². The zero-order valence-corrected chi connectivity index (χ0v) is 22.7. The molecule has 0 aliphatic rings. The number of ether oxygens (including phenoxy) is 3. The number of aliphatic hydroxyl groups excluding tert-OH is 2. The molecule has 0 unspecified atom stereocenters. The van der Waals surface area contributed by atoms with E-state index in [0.29, 0.717) is 33.6 Å². The minimum atomic E-state index is -1.06. The third-order valence-corrected chi connectivity index (χ3v) is 6.41. The zero-order valence-electron chi connectivity index (χ0n) is 20.3. The zero-order chi connectivity index (χ0) is 27.2. The summed E-state index contributed by atoms with van der Waals surface area (Å²) in [7, 11) is 1.52. The second kappa shape index (κ2) is 12.7. The van der Waals surface area contributed by atoms with Gasteiger partial charge in [0.25, 0.3) is 0 Å². The molecule has 200 valence electrons. The fourth-order valence-corrected chi connectivity index (χ4v) is 4.53. The Labute approximate surface area is 232 Å². The summed E-state index contributed by atoms with van der Waals surface area (Å²) in [4.78, 5) is 13.5. The number of halogens is 2. The van der Waals surface area contributed by atoms with E-state index in [1.165, 1.54) is 31.0 Å². The van der Waals surface area contributed by atoms with E-state index in [1.54, 1.807) is 36.5 Å². The largest absolute Gasteiger partial charge is 0.491 e. The van der Waals surface area contributed by atoms with Crippen LogP contribution in [0.25, 0.3) is 34.0 Å². The molecule has 2 aromatic carbocycles. The van der Waals surface area contributed by atoms with E-state index in [-0.39, 0.29) is 40.6 Å². The van der Waals surface area contributed by atoms with Crippen molar-refractivity contribution in [1.82, 2.24) is 19.7 Å². The van der Waals surface area contributed by atoms with Gasteiger partial charge >= 0.3 is 0 Å². The molecule has 2 aromatic heterocycles. The normalized spacial score (nSPS) is 11.9. The maximum atomic E-state index is 11.4. The maximum absolute atomic E-state index is 11.4. The number of rotatable bonds is 11. The van der Waals surface area contributed by atoms with Gasteiger partial charge in [-0.15, -0.1) is 0 Å². The highest BCUT2D eigenvalue weighted by Crippen LogP contribution is 2.42. The molecule has 0 bridgehead atoms. The van der Waals surface area contributed by atoms with Gasteiger partial charge < -0.3 is 29.6 Å². The first-order valence-electron chi connectivity index (χ1n) is 11.2. The van der Waals surface area contributed by atoms with Crippen LogP contribution in [0, 0.1) is 0 Å². The average molecular weight is 579 g/mol. The number of imidazole rings is 1. The predicted octanol–water partition coefficient (Wildman–Crippen LogP) is 4.65. The number of aromatic nitrogens is 4. The number of hydrogen-bond acceptors (Lipinski definition) is 10. The van der Waals surface area contributed by atoms with E-state index in [4.69, 9.17) is 47.5 Å². The van der Waals surface area contributed by atoms with Gasteiger partial charge in [0, 0.05) is 18.9 Å². The van der Waals surface area contributed by atoms with Crippen LogP contribution in [0.1, 0.15) is 0 Å². The number of hydrogen-bond donors (Lipinski definition) is 3. The Bertz CT molecular complexity index is 1400. The number of aliphatic hydroxyl groups is 2. The van der Waals surface area contributed by atoms with Crippen LogP contribution in [0.3, 0.4) is 0 Å². The van der Waals surface area contributed by atoms with E-state index in [9.17, 15) is 10.3 Å². The van der Waals surface area contributed by atoms with Crippen LogP contribution in [-0.2, 0) is 4.74 Å². The van der Waals surface area contributed by atoms with E-state index >= 15 is 0 Å². The second-order valence-corrected chi connectivity index (χ2v) is 9.45. The van der Waals surface area contributed by atoms with Gasteiger partial charge in [-0.25, -0.2) is 15.0 Å². The minimum Gasteiger partial charge on any atom is -0.491 e. The minimum absolute atomic E-state index is 0.0535. The first-order chi connectivity index (χ1) is 18.4. The van der Waals surface area contributed by atoms with Crippen molar-refractivity contribution in [3.8, 4) is 45.5 Å². The summed E-state index contributed by atoms with van der Waals surface area (Å²) >= 11 is 14.5. The maximum Gasteiger partial charge on any atom is 0.188 e. The molecular formula is C25H24Cl2N4O6S. The molecule has 0 spiro atoms. The Morgan fingerprint density at radius 1 is 1.05 bits per heavy atom. The van der Waals surface area contributed by atoms with Crippen LogP contribution in [0.5, 0.6) is 11.5 Å². The van der Waals surface area contributed by atoms with Crippen molar-refractivity contribution in [3.63, 3.8) is 0 Å². The molecule has 0 saturated heterocycles. The van der Waals surface area contributed by atoms with E-state index in [1.807, 2.05) is 6.26 Å². The van der Waals surface area contributed by atoms with Crippen molar-refractivity contribution in [2.75, 3.05) is 33.4 Å². The topological polar surface area (TPSA) is 132 Å². The average Bonchev–Trinajstić information content (AvgIpc) is 3.26. The quantitative estimate of drug-likeness (QED) is 0.0998. The summed E-state index contributed by atoms with van der Waals surface area (Å²) in [6.07, 6.45) is 2.41. The number of thioether (sulfide) groups is 1. The summed E-state index contributed by atoms with van der Waals surface area (Å²) in [5.74, 6) is 0.865. The molecule has 2 heterocycles. The molecule has 3 N–H and O–H groups in total. The molecule has 1 atom stereocenters. The SMILES string of the molecule is COCOc1cccc(-c2c(-c3ccnc(SC)n3)nc(-c3c(Cl)cc(OC[C@H](O)CO)cc3Cl)n2O)c1. The molecule has 0 fully saturated rings. The van der Waals surface area contributed by atoms with Gasteiger partial charge in [-0.05, 0) is 36.6 Å². The molecule has 38 heavy (non-hydrogen) atoms. The highest BCUT2D eigenvalue weighted by molar-refractivity contribution is 7.98.